The number of ether oxygens (including phenoxy) is 6. The fraction of sp³-hybridized carbons (Fsp3) is 0.570. The Morgan fingerprint density at radius 1 is 0.500 bits per heavy atom. The maximum absolute atomic E-state index is 12.8. The summed E-state index contributed by atoms with van der Waals surface area (Å²) in [6.45, 7) is 49.0. The summed E-state index contributed by atoms with van der Waals surface area (Å²) >= 11 is 30.0. The predicted molar refractivity (Wildman–Crippen MR) is 549 cm³/mol. The topological polar surface area (TPSA) is 278 Å². The van der Waals surface area contributed by atoms with Crippen LogP contribution in [-0.2, 0) is 66.3 Å². The number of anilines is 7. The van der Waals surface area contributed by atoms with Crippen molar-refractivity contribution in [1.82, 2.24) is 34.7 Å². The van der Waals surface area contributed by atoms with Gasteiger partial charge in [-0.3, -0.25) is 0 Å². The second kappa shape index (κ2) is 54.0. The van der Waals surface area contributed by atoms with Crippen molar-refractivity contribution < 1.29 is 80.0 Å². The van der Waals surface area contributed by atoms with E-state index in [0.29, 0.717) is 65.8 Å². The molecule has 0 spiro atoms. The first-order valence-corrected chi connectivity index (χ1v) is 49.8. The van der Waals surface area contributed by atoms with Crippen LogP contribution in [0.1, 0.15) is 150 Å². The fourth-order valence-corrected chi connectivity index (χ4v) is 17.5. The molecule has 4 amide bonds. The molecule has 138 heavy (non-hydrogen) atoms. The molecular weight excluding hydrogens is 1880 g/mol. The van der Waals surface area contributed by atoms with Gasteiger partial charge in [-0.2, -0.15) is 13.2 Å². The normalized spacial score (nSPS) is 19.7. The van der Waals surface area contributed by atoms with E-state index in [1.54, 1.807) is 24.3 Å². The molecule has 1 unspecified atom stereocenters. The van der Waals surface area contributed by atoms with Gasteiger partial charge in [0.25, 0.3) is 0 Å². The van der Waals surface area contributed by atoms with Gasteiger partial charge in [0.05, 0.1) is 100 Å². The number of pyridine rings is 5. The minimum absolute atomic E-state index is 0.0274. The zero-order chi connectivity index (χ0) is 99.9. The van der Waals surface area contributed by atoms with Crippen LogP contribution in [0.3, 0.4) is 0 Å². The number of likely N-dealkylation sites (tertiary alicyclic amines) is 2. The van der Waals surface area contributed by atoms with E-state index in [1.165, 1.54) is 4.90 Å². The number of carbonyl (C=O) groups excluding carboxylic acids is 2. The number of nitrogens with one attached hydrogen (secondary N) is 2. The molecule has 3 atom stereocenters. The Balaban J connectivity index is 0.000000171. The van der Waals surface area contributed by atoms with Crippen LogP contribution >= 0.6 is 58.0 Å². The number of aliphatic hydroxyl groups excluding tert-OH is 2. The first-order valence-electron chi connectivity index (χ1n) is 47.9. The van der Waals surface area contributed by atoms with Crippen LogP contribution in [0.15, 0.2) is 115 Å². The number of alkyl halides is 3. The number of halogens is 8. The molecule has 7 aromatic rings. The van der Waals surface area contributed by atoms with Crippen LogP contribution < -0.4 is 40.6 Å². The van der Waals surface area contributed by atoms with Crippen LogP contribution in [0, 0.1) is 25.7 Å². The number of amides is 4. The third-order valence-electron chi connectivity index (χ3n) is 25.5. The standard InChI is InChI=1S/C25H34N4O3.C20H28BF3N2O3.C14H21ClN2O2.C12H15ClN2O.C11H15ClN2O2.C9H17BO2.C9H10Cl2N2O/c1-3-19-6-8-29(17-19)25(31)27-21-5-4-18(2)23(16-21)20-14-22(7-11-30)26-24(15-20)28-9-12-32-13-10-28;1-13-6-7-15(10-16(13)21-28-18(2,3)19(4,5)29-21)25-17(27)26-9-8-14(12-26)11-20(22,23)24;1-3-19-11(2)8-13-9-12(15)10-14(16-13)17-4-6-18-7-5-17;1-2-3-11-8-10(13)9-12(14-11)15-4-6-16-7-5-15;12-9-7-10(1-4-15)13-11(8-9)14-2-5-16-6-3-14;1-6-7-10-11-8(2,3)9(4,5)12-10;10-7-5-8(11)12-9(6-7)13-1-3-14-4-2-13/h4-5,14-16,19,30H,3,6-13,17H2,1-2H3,(H,27,31);6-7,10,14H,8-9,11-12H2,1-5H3,(H,25,27);9-11H,3-8H2,1-2H3;2-3,8-9H,4-7H2,1H3;7-8,15H,1-6H2;6-7H,1-5H3;5-6H,1-4H2/b;;;3-2+;;7-6+;/t19-;14-;;;;;/m10...../s1. The highest BCUT2D eigenvalue weighted by Gasteiger charge is 2.53. The van der Waals surface area contributed by atoms with Crippen LogP contribution in [0.2, 0.25) is 25.2 Å². The van der Waals surface area contributed by atoms with Crippen LogP contribution in [0.5, 0.6) is 0 Å². The number of morpholine rings is 5. The molecule has 2 aromatic carbocycles. The highest BCUT2D eigenvalue weighted by molar-refractivity contribution is 6.62. The van der Waals surface area contributed by atoms with E-state index >= 15 is 0 Å². The summed E-state index contributed by atoms with van der Waals surface area (Å²) in [6.07, 6.45) is 5.35. The monoisotopic (exact) mass is 2010 g/mol. The van der Waals surface area contributed by atoms with Crippen molar-refractivity contribution in [3.8, 4) is 11.1 Å². The van der Waals surface area contributed by atoms with E-state index in [9.17, 15) is 27.9 Å². The number of nitrogens with zero attached hydrogens (tertiary/aromatic N) is 12. The van der Waals surface area contributed by atoms with E-state index in [0.717, 1.165) is 253 Å². The zero-order valence-corrected chi connectivity index (χ0v) is 86.4. The lowest BCUT2D eigenvalue weighted by Crippen LogP contribution is -2.41. The van der Waals surface area contributed by atoms with E-state index in [2.05, 4.69) is 110 Å². The molecule has 756 valence electrons. The van der Waals surface area contributed by atoms with Gasteiger partial charge in [0.2, 0.25) is 0 Å². The maximum Gasteiger partial charge on any atom is 0.495 e. The molecule has 38 heteroatoms. The van der Waals surface area contributed by atoms with Gasteiger partial charge in [0, 0.05) is 186 Å². The smallest absolute Gasteiger partial charge is 0.400 e. The number of carbonyl (C=O) groups is 2. The van der Waals surface area contributed by atoms with E-state index in [-0.39, 0.29) is 50.2 Å². The molecule has 16 rings (SSSR count). The van der Waals surface area contributed by atoms with E-state index in [1.807, 2.05) is 151 Å². The van der Waals surface area contributed by atoms with Crippen molar-refractivity contribution in [2.45, 2.75) is 183 Å². The SMILES string of the molecule is C/C=C/B1OC(C)(C)C(C)(C)O1.C/C=C/c1cc(Cl)cc(N2CCOCC2)n1.CCOC(C)Cc1cc(Cl)cc(N2CCOCC2)n1.CC[C@@H]1CCN(C(=O)Nc2ccc(C)c(-c3cc(CCO)nc(N4CCOCC4)c3)c2)C1.Cc1ccc(NC(=O)N2CC[C@@H](CC(F)(F)F)C2)cc1B1OC(C)(C)C(C)(C)O1.Clc1cc(Cl)nc(N2CCOCC2)c1.OCCc1cc(Cl)cc(N2CCOCC2)n1. The maximum atomic E-state index is 12.8. The molecule has 5 aromatic heterocycles. The molecule has 9 saturated heterocycles. The predicted octanol–water partition coefficient (Wildman–Crippen LogP) is 18.5. The van der Waals surface area contributed by atoms with Gasteiger partial charge in [-0.15, -0.1) is 0 Å². The van der Waals surface area contributed by atoms with Crippen molar-refractivity contribution in [2.24, 2.45) is 11.8 Å². The molecular formula is C100H140B2Cl5F3N14O14. The van der Waals surface area contributed by atoms with Gasteiger partial charge in [-0.1, -0.05) is 107 Å². The van der Waals surface area contributed by atoms with Crippen molar-refractivity contribution in [3.63, 3.8) is 0 Å². The number of aryl methyl sites for hydroxylation is 2. The quantitative estimate of drug-likeness (QED) is 0.0384. The van der Waals surface area contributed by atoms with Crippen LogP contribution in [0.4, 0.5) is 63.2 Å². The van der Waals surface area contributed by atoms with E-state index < -0.39 is 42.9 Å². The zero-order valence-electron chi connectivity index (χ0n) is 82.7. The Bertz CT molecular complexity index is 5020. The third kappa shape index (κ3) is 34.7. The van der Waals surface area contributed by atoms with Crippen molar-refractivity contribution >= 4 is 136 Å². The summed E-state index contributed by atoms with van der Waals surface area (Å²) in [5.41, 5.74) is 8.57. The molecule has 9 aliphatic heterocycles. The number of benzene rings is 2. The fourth-order valence-electron chi connectivity index (χ4n) is 16.4. The number of hydrogen-bond acceptors (Lipinski definition) is 24. The number of urea groups is 2. The summed E-state index contributed by atoms with van der Waals surface area (Å²) in [6, 6.07) is 29.9. The van der Waals surface area contributed by atoms with Gasteiger partial charge in [-0.25, -0.2) is 34.5 Å². The highest BCUT2D eigenvalue weighted by atomic mass is 35.5. The summed E-state index contributed by atoms with van der Waals surface area (Å²) in [5, 5.41) is 27.4. The second-order valence-corrected chi connectivity index (χ2v) is 39.2. The average molecular weight is 2020 g/mol. The van der Waals surface area contributed by atoms with Crippen molar-refractivity contribution in [1.29, 1.82) is 0 Å². The lowest BCUT2D eigenvalue weighted by molar-refractivity contribution is -0.143. The van der Waals surface area contributed by atoms with Gasteiger partial charge in [0.1, 0.15) is 34.2 Å². The number of rotatable bonds is 21. The Labute approximate surface area is 839 Å². The minimum Gasteiger partial charge on any atom is -0.400 e. The van der Waals surface area contributed by atoms with Gasteiger partial charge in [-0.05, 0) is 235 Å². The Kier molecular flexibility index (Phi) is 43.8. The summed E-state index contributed by atoms with van der Waals surface area (Å²) in [4.78, 5) is 62.2. The highest BCUT2D eigenvalue weighted by Crippen LogP contribution is 2.40. The van der Waals surface area contributed by atoms with Crippen molar-refractivity contribution in [2.75, 3.05) is 213 Å². The molecule has 4 N–H and O–H groups in total. The minimum atomic E-state index is -4.20. The summed E-state index contributed by atoms with van der Waals surface area (Å²) < 4.78 is 93.6. The van der Waals surface area contributed by atoms with Crippen LogP contribution in [0.25, 0.3) is 17.2 Å². The number of aliphatic hydroxyl groups is 2. The average Bonchev–Trinajstić information content (AvgIpc) is 1.61. The molecule has 9 aliphatic rings. The number of hydrogen-bond donors (Lipinski definition) is 4. The van der Waals surface area contributed by atoms with E-state index in [4.69, 9.17) is 115 Å². The number of allylic oxidation sites excluding steroid dienone is 2. The molecule has 28 nitrogen and oxygen atoms in total. The Morgan fingerprint density at radius 3 is 1.33 bits per heavy atom. The second-order valence-electron chi connectivity index (χ2n) is 37.1. The Morgan fingerprint density at radius 2 is 0.899 bits per heavy atom. The largest absolute Gasteiger partial charge is 0.495 e. The number of aromatic nitrogens is 5. The lowest BCUT2D eigenvalue weighted by Gasteiger charge is -2.32. The van der Waals surface area contributed by atoms with Gasteiger partial charge >= 0.3 is 32.5 Å². The molecule has 0 aliphatic carbocycles. The Hall–Kier alpha value is -7.90. The van der Waals surface area contributed by atoms with Crippen molar-refractivity contribution in [3.05, 3.63) is 174 Å². The lowest BCUT2D eigenvalue weighted by atomic mass is 9.76. The third-order valence-corrected chi connectivity index (χ3v) is 26.5. The summed E-state index contributed by atoms with van der Waals surface area (Å²) in [5.74, 6) is 6.47. The molecule has 0 radical (unpaired) electrons. The first kappa shape index (κ1) is 112. The molecule has 0 bridgehead atoms. The van der Waals surface area contributed by atoms with Gasteiger partial charge in [0.15, 0.2) is 0 Å². The molecule has 9 fully saturated rings. The summed E-state index contributed by atoms with van der Waals surface area (Å²) in [7, 11) is -0.736. The molecule has 14 heterocycles. The molecule has 0 saturated carbocycles. The van der Waals surface area contributed by atoms with Crippen LogP contribution in [-0.4, -0.2) is 283 Å². The van der Waals surface area contributed by atoms with Gasteiger partial charge < -0.3 is 102 Å². The first-order chi connectivity index (χ1) is 65.8.